The van der Waals surface area contributed by atoms with Crippen molar-refractivity contribution >= 4 is 17.5 Å². The lowest BCUT2D eigenvalue weighted by atomic mass is 10.0. The molecule has 2 unspecified atom stereocenters. The summed E-state index contributed by atoms with van der Waals surface area (Å²) in [5, 5.41) is 21.7. The zero-order valence-electron chi connectivity index (χ0n) is 19.9. The number of alkyl halides is 1. The van der Waals surface area contributed by atoms with E-state index in [4.69, 9.17) is 9.84 Å². The topological polar surface area (TPSA) is 131 Å². The van der Waals surface area contributed by atoms with Gasteiger partial charge < -0.3 is 25.0 Å². The third-order valence-electron chi connectivity index (χ3n) is 6.84. The number of rotatable bonds is 7. The number of amides is 2. The Bertz CT molecular complexity index is 1340. The van der Waals surface area contributed by atoms with Crippen LogP contribution in [0.1, 0.15) is 30.0 Å². The first-order chi connectivity index (χ1) is 18.0. The predicted molar refractivity (Wildman–Crippen MR) is 132 cm³/mol. The number of nitrogens with zero attached hydrogens (tertiary/aromatic N) is 3. The molecule has 0 spiro atoms. The number of aliphatic hydroxyl groups is 1. The highest BCUT2D eigenvalue weighted by Gasteiger charge is 2.45. The Balaban J connectivity index is 1.25. The molecule has 37 heavy (non-hydrogen) atoms. The number of nitrogens with one attached hydrogen (secondary N) is 2. The minimum absolute atomic E-state index is 0.0564. The van der Waals surface area contributed by atoms with Gasteiger partial charge >= 0.3 is 0 Å². The van der Waals surface area contributed by atoms with Crippen molar-refractivity contribution in [3.63, 3.8) is 0 Å². The minimum atomic E-state index is -1.44. The fraction of sp³-hybridized carbons (Fsp3) is 0.333. The van der Waals surface area contributed by atoms with Crippen LogP contribution < -0.4 is 10.1 Å². The van der Waals surface area contributed by atoms with Crippen LogP contribution in [0.25, 0.3) is 11.1 Å². The monoisotopic (exact) mass is 503 g/mol. The summed E-state index contributed by atoms with van der Waals surface area (Å²) in [6.45, 7) is -0.548. The lowest BCUT2D eigenvalue weighted by molar-refractivity contribution is -0.138. The van der Waals surface area contributed by atoms with Crippen LogP contribution in [0.3, 0.4) is 0 Å². The number of hydrogen-bond acceptors (Lipinski definition) is 6. The first kappa shape index (κ1) is 24.5. The number of imidazole rings is 1. The summed E-state index contributed by atoms with van der Waals surface area (Å²) in [5.74, 6) is -0.285. The van der Waals surface area contributed by atoms with Crippen molar-refractivity contribution < 1.29 is 23.8 Å². The molecule has 1 aliphatic heterocycles. The molecular weight excluding hydrogens is 477 g/mol. The molecule has 3 aromatic rings. The number of carbonyl (C=O) groups excluding carboxylic acids is 2. The fourth-order valence-corrected chi connectivity index (χ4v) is 4.70. The number of aliphatic hydroxyl groups excluding tert-OH is 1. The van der Waals surface area contributed by atoms with Crippen LogP contribution in [0.15, 0.2) is 55.0 Å². The van der Waals surface area contributed by atoms with Crippen molar-refractivity contribution in [3.05, 3.63) is 66.2 Å². The normalized spacial score (nSPS) is 22.7. The van der Waals surface area contributed by atoms with Gasteiger partial charge in [-0.1, -0.05) is 18.2 Å². The molecule has 10 heteroatoms. The molecule has 1 saturated carbocycles. The Labute approximate surface area is 212 Å². The second kappa shape index (κ2) is 10.4. The number of benzene rings is 2. The highest BCUT2D eigenvalue weighted by atomic mass is 19.1. The number of halogens is 1. The van der Waals surface area contributed by atoms with E-state index in [-0.39, 0.29) is 48.6 Å². The van der Waals surface area contributed by atoms with Crippen LogP contribution in [-0.2, 0) is 9.59 Å². The van der Waals surface area contributed by atoms with Crippen LogP contribution in [0.5, 0.6) is 5.75 Å². The Kier molecular flexibility index (Phi) is 6.88. The molecule has 2 aromatic carbocycles. The summed E-state index contributed by atoms with van der Waals surface area (Å²) < 4.78 is 20.5. The van der Waals surface area contributed by atoms with Crippen molar-refractivity contribution in [3.8, 4) is 22.9 Å². The minimum Gasteiger partial charge on any atom is -0.486 e. The molecule has 5 rings (SSSR count). The summed E-state index contributed by atoms with van der Waals surface area (Å²) in [6, 6.07) is 14.6. The van der Waals surface area contributed by atoms with E-state index in [1.165, 1.54) is 4.90 Å². The quantitative estimate of drug-likeness (QED) is 0.454. The largest absolute Gasteiger partial charge is 0.486 e. The molecule has 2 heterocycles. The van der Waals surface area contributed by atoms with Gasteiger partial charge in [-0.05, 0) is 41.8 Å². The van der Waals surface area contributed by atoms with E-state index in [1.807, 2.05) is 30.5 Å². The van der Waals surface area contributed by atoms with Gasteiger partial charge in [-0.3, -0.25) is 9.59 Å². The Morgan fingerprint density at radius 2 is 2.11 bits per heavy atom. The summed E-state index contributed by atoms with van der Waals surface area (Å²) in [6.07, 6.45) is 2.20. The van der Waals surface area contributed by atoms with Crippen LogP contribution in [0.4, 0.5) is 10.1 Å². The van der Waals surface area contributed by atoms with E-state index in [0.29, 0.717) is 5.69 Å². The molecule has 2 aliphatic rings. The Morgan fingerprint density at radius 3 is 2.84 bits per heavy atom. The number of aromatic amines is 1. The smallest absolute Gasteiger partial charge is 0.248 e. The average molecular weight is 504 g/mol. The summed E-state index contributed by atoms with van der Waals surface area (Å²) >= 11 is 0. The lowest BCUT2D eigenvalue weighted by Crippen LogP contribution is -2.50. The van der Waals surface area contributed by atoms with Crippen molar-refractivity contribution in [1.82, 2.24) is 14.9 Å². The van der Waals surface area contributed by atoms with Gasteiger partial charge in [0.05, 0.1) is 24.1 Å². The summed E-state index contributed by atoms with van der Waals surface area (Å²) in [4.78, 5) is 32.7. The molecule has 1 saturated heterocycles. The zero-order valence-corrected chi connectivity index (χ0v) is 19.9. The number of piperidine rings is 1. The number of likely N-dealkylation sites (tertiary alicyclic amines) is 1. The van der Waals surface area contributed by atoms with Crippen molar-refractivity contribution in [2.45, 2.75) is 31.0 Å². The maximum Gasteiger partial charge on any atom is 0.248 e. The average Bonchev–Trinajstić information content (AvgIpc) is 3.54. The van der Waals surface area contributed by atoms with Crippen LogP contribution >= 0.6 is 0 Å². The second-order valence-electron chi connectivity index (χ2n) is 9.29. The van der Waals surface area contributed by atoms with Gasteiger partial charge in [-0.25, -0.2) is 9.37 Å². The van der Waals surface area contributed by atoms with Crippen LogP contribution in [0.2, 0.25) is 0 Å². The molecule has 3 N–H and O–H groups in total. The lowest BCUT2D eigenvalue weighted by Gasteiger charge is -2.34. The molecule has 0 bridgehead atoms. The van der Waals surface area contributed by atoms with E-state index in [9.17, 15) is 19.2 Å². The van der Waals surface area contributed by atoms with Crippen LogP contribution in [-0.4, -0.2) is 63.8 Å². The highest BCUT2D eigenvalue weighted by Crippen LogP contribution is 2.47. The number of hydrogen-bond donors (Lipinski definition) is 3. The molecule has 9 nitrogen and oxygen atoms in total. The number of ether oxygens (including phenoxy) is 1. The Morgan fingerprint density at radius 1 is 1.27 bits per heavy atom. The number of nitriles is 1. The van der Waals surface area contributed by atoms with E-state index < -0.39 is 24.8 Å². The molecule has 190 valence electrons. The maximum absolute atomic E-state index is 14.7. The van der Waals surface area contributed by atoms with Gasteiger partial charge in [0.15, 0.2) is 6.17 Å². The van der Waals surface area contributed by atoms with Crippen molar-refractivity contribution in [1.29, 1.82) is 5.26 Å². The molecule has 1 aliphatic carbocycles. The Hall–Kier alpha value is -4.23. The van der Waals surface area contributed by atoms with Gasteiger partial charge in [0.2, 0.25) is 11.8 Å². The summed E-state index contributed by atoms with van der Waals surface area (Å²) in [7, 11) is 0. The summed E-state index contributed by atoms with van der Waals surface area (Å²) in [5.41, 5.74) is 3.36. The van der Waals surface area contributed by atoms with E-state index >= 15 is 0 Å². The number of anilines is 1. The third kappa shape index (κ3) is 5.32. The van der Waals surface area contributed by atoms with E-state index in [1.54, 1.807) is 24.5 Å². The van der Waals surface area contributed by atoms with Gasteiger partial charge in [-0.2, -0.15) is 5.26 Å². The first-order valence-corrected chi connectivity index (χ1v) is 12.1. The van der Waals surface area contributed by atoms with Gasteiger partial charge in [0.25, 0.3) is 0 Å². The van der Waals surface area contributed by atoms with E-state index in [0.717, 1.165) is 23.2 Å². The molecule has 2 fully saturated rings. The number of carbonyl (C=O) groups is 2. The molecular formula is C27H26FN5O4. The van der Waals surface area contributed by atoms with Crippen LogP contribution in [0, 0.1) is 17.2 Å². The molecule has 1 aromatic heterocycles. The first-order valence-electron chi connectivity index (χ1n) is 12.1. The molecule has 2 amide bonds. The highest BCUT2D eigenvalue weighted by molar-refractivity contribution is 5.95. The maximum atomic E-state index is 14.7. The van der Waals surface area contributed by atoms with Gasteiger partial charge in [-0.15, -0.1) is 0 Å². The van der Waals surface area contributed by atoms with Crippen molar-refractivity contribution in [2.24, 2.45) is 5.92 Å². The zero-order chi connectivity index (χ0) is 25.9. The van der Waals surface area contributed by atoms with E-state index in [2.05, 4.69) is 21.4 Å². The third-order valence-corrected chi connectivity index (χ3v) is 6.84. The molecule has 0 radical (unpaired) electrons. The second-order valence-corrected chi connectivity index (χ2v) is 9.29. The molecule has 4 atom stereocenters. The predicted octanol–water partition coefficient (Wildman–Crippen LogP) is 3.00. The van der Waals surface area contributed by atoms with Gasteiger partial charge in [0.1, 0.15) is 24.5 Å². The van der Waals surface area contributed by atoms with Crippen molar-refractivity contribution in [2.75, 3.05) is 25.0 Å². The number of H-pyrrole nitrogens is 1. The number of aromatic nitrogens is 2. The fourth-order valence-electron chi connectivity index (χ4n) is 4.70. The SMILES string of the molecule is N#Cc1cc(-c2cccc(NC(=O)C3CC3c3c[nH]cn3)c2)ccc1O[C@H]1CCN(C(=O)CO)C[C@H]1F. The van der Waals surface area contributed by atoms with Gasteiger partial charge in [0, 0.05) is 36.7 Å². The standard InChI is InChI=1S/C27H26FN5O4/c28-22-13-33(26(35)14-34)7-6-25(22)37-24-5-4-17(8-18(24)11-29)16-2-1-3-19(9-16)32-27(36)21-10-20(21)23-12-30-15-31-23/h1-5,8-9,12,15,20-22,25,34H,6-7,10,13-14H2,(H,30,31)(H,32,36)/t20?,21?,22-,25+/m1/s1.